The summed E-state index contributed by atoms with van der Waals surface area (Å²) in [5, 5.41) is 20.7. The van der Waals surface area contributed by atoms with Crippen LogP contribution in [0.1, 0.15) is 7.43 Å². The fourth-order valence-corrected chi connectivity index (χ4v) is 18.8. The molecule has 10 aromatic carbocycles. The van der Waals surface area contributed by atoms with Crippen LogP contribution in [0.3, 0.4) is 0 Å². The molecule has 6 heteroatoms. The zero-order valence-electron chi connectivity index (χ0n) is 36.5. The monoisotopic (exact) mass is 922 g/mol. The van der Waals surface area contributed by atoms with Crippen LogP contribution in [-0.4, -0.2) is 26.5 Å². The van der Waals surface area contributed by atoms with Crippen molar-refractivity contribution in [3.05, 3.63) is 297 Å². The first-order valence-electron chi connectivity index (χ1n) is 22.1. The summed E-state index contributed by atoms with van der Waals surface area (Å²) in [6, 6.07) is 99.1. The van der Waals surface area contributed by atoms with Crippen molar-refractivity contribution >= 4 is 76.2 Å². The number of benzene rings is 10. The Morgan fingerprint density at radius 2 is 0.463 bits per heavy atom. The summed E-state index contributed by atoms with van der Waals surface area (Å²) in [6.45, 7) is 0. The summed E-state index contributed by atoms with van der Waals surface area (Å²) in [5.41, 5.74) is 0. The molecule has 0 fully saturated rings. The van der Waals surface area contributed by atoms with Gasteiger partial charge in [0, 0.05) is 0 Å². The third kappa shape index (κ3) is 10.4. The van der Waals surface area contributed by atoms with E-state index in [-0.39, 0.29) is 7.43 Å². The van der Waals surface area contributed by atoms with Crippen molar-refractivity contribution in [3.63, 3.8) is 0 Å². The van der Waals surface area contributed by atoms with Gasteiger partial charge in [0.2, 0.25) is 0 Å². The fourth-order valence-electron chi connectivity index (χ4n) is 8.58. The Morgan fingerprint density at radius 3 is 0.701 bits per heavy atom. The minimum Gasteiger partial charge on any atom is -0.848 e. The second kappa shape index (κ2) is 22.8. The second-order valence-corrected chi connectivity index (χ2v) is 25.4. The van der Waals surface area contributed by atoms with Crippen molar-refractivity contribution in [2.24, 2.45) is 0 Å². The maximum atomic E-state index is 13.8. The number of phenols is 1. The van der Waals surface area contributed by atoms with E-state index in [4.69, 9.17) is 0 Å². The standard InChI is InChI=1S/C24H19OP.C18H16OSi.C18H15OSi.CH4/c25-20-16-18-24(19-17-20)26(21-10-4-1-5-11-21,22-12-6-2-7-13-22)23-14-8-3-9-15-23;2*19-20(16-10-4-1-5-11-16,17-12-6-2-7-13-17)18-14-8-3-9-15-18;/h1-19H;1-15,19H;1-15H;1H4/q;;-1;/p+1. The molecule has 0 bridgehead atoms. The minimum atomic E-state index is -3.13. The SMILES string of the molecule is C.O[Si](c1ccccc1)(c1ccccc1)c1ccccc1.Oc1ccc([P+](c2ccccc2)(c2ccccc2)c2ccccc2)cc1.[O-][Si](c1ccccc1)(c1ccccc1)c1ccccc1. The number of phenolic OH excluding ortho intramolecular Hbond substituents is 1. The van der Waals surface area contributed by atoms with Gasteiger partial charge in [-0.3, -0.25) is 0 Å². The van der Waals surface area contributed by atoms with Crippen LogP contribution in [0.4, 0.5) is 0 Å². The molecule has 0 atom stereocenters. The molecule has 0 saturated carbocycles. The van der Waals surface area contributed by atoms with E-state index in [9.17, 15) is 14.7 Å². The van der Waals surface area contributed by atoms with Gasteiger partial charge in [0.25, 0.3) is 8.32 Å². The van der Waals surface area contributed by atoms with E-state index >= 15 is 0 Å². The zero-order chi connectivity index (χ0) is 45.5. The molecule has 0 radical (unpaired) electrons. The Labute approximate surface area is 399 Å². The molecule has 67 heavy (non-hydrogen) atoms. The number of aromatic hydroxyl groups is 1. The van der Waals surface area contributed by atoms with Gasteiger partial charge in [0.05, 0.1) is 8.32 Å². The van der Waals surface area contributed by atoms with Gasteiger partial charge in [-0.15, -0.1) is 0 Å². The van der Waals surface area contributed by atoms with Gasteiger partial charge in [-0.25, -0.2) is 0 Å². The van der Waals surface area contributed by atoms with Crippen LogP contribution >= 0.6 is 7.26 Å². The first kappa shape index (κ1) is 47.7. The van der Waals surface area contributed by atoms with Crippen molar-refractivity contribution < 1.29 is 14.7 Å². The van der Waals surface area contributed by atoms with E-state index in [2.05, 4.69) is 103 Å². The molecule has 0 aliphatic carbocycles. The van der Waals surface area contributed by atoms with E-state index in [1.807, 2.05) is 182 Å². The van der Waals surface area contributed by atoms with E-state index in [0.717, 1.165) is 31.1 Å². The van der Waals surface area contributed by atoms with E-state index in [1.165, 1.54) is 21.2 Å². The summed E-state index contributed by atoms with van der Waals surface area (Å²) < 4.78 is 0. The predicted molar refractivity (Wildman–Crippen MR) is 290 cm³/mol. The molecule has 0 spiro atoms. The number of hydrogen-bond donors (Lipinski definition) is 2. The van der Waals surface area contributed by atoms with Crippen LogP contribution in [0, 0.1) is 0 Å². The van der Waals surface area contributed by atoms with Crippen molar-refractivity contribution in [1.82, 2.24) is 0 Å². The molecule has 0 aliphatic rings. The van der Waals surface area contributed by atoms with Gasteiger partial charge in [0.15, 0.2) is 0 Å². The molecule has 2 N–H and O–H groups in total. The summed E-state index contributed by atoms with van der Waals surface area (Å²) in [5.74, 6) is 0.293. The summed E-state index contributed by atoms with van der Waals surface area (Å²) >= 11 is 0. The molecule has 0 amide bonds. The van der Waals surface area contributed by atoms with Crippen LogP contribution in [-0.2, 0) is 0 Å². The summed E-state index contributed by atoms with van der Waals surface area (Å²) in [4.78, 5) is 25.4. The molecule has 0 unspecified atom stereocenters. The average Bonchev–Trinajstić information content (AvgIpc) is 3.42. The second-order valence-electron chi connectivity index (χ2n) is 15.8. The lowest BCUT2D eigenvalue weighted by Gasteiger charge is -2.40. The Bertz CT molecular complexity index is 2540. The largest absolute Gasteiger partial charge is 0.848 e. The minimum absolute atomic E-state index is 0. The smallest absolute Gasteiger partial charge is 0.285 e. The fraction of sp³-hybridized carbons (Fsp3) is 0.0164. The normalized spacial score (nSPS) is 11.1. The third-order valence-corrected chi connectivity index (χ3v) is 23.0. The Morgan fingerprint density at radius 1 is 0.269 bits per heavy atom. The van der Waals surface area contributed by atoms with Gasteiger partial charge < -0.3 is 14.7 Å². The van der Waals surface area contributed by atoms with Gasteiger partial charge >= 0.3 is 0 Å². The quantitative estimate of drug-likeness (QED) is 0.0861. The summed E-state index contributed by atoms with van der Waals surface area (Å²) in [7, 11) is -8.04. The number of hydrogen-bond acceptors (Lipinski definition) is 3. The molecule has 0 aromatic heterocycles. The molecule has 3 nitrogen and oxygen atoms in total. The average molecular weight is 923 g/mol. The van der Waals surface area contributed by atoms with Crippen molar-refractivity contribution in [3.8, 4) is 5.75 Å². The van der Waals surface area contributed by atoms with Crippen LogP contribution in [0.15, 0.2) is 297 Å². The highest BCUT2D eigenvalue weighted by Gasteiger charge is 2.47. The lowest BCUT2D eigenvalue weighted by atomic mass is 10.3. The molecule has 0 heterocycles. The maximum Gasteiger partial charge on any atom is 0.285 e. The van der Waals surface area contributed by atoms with Crippen LogP contribution in [0.5, 0.6) is 5.75 Å². The molecule has 0 aliphatic heterocycles. The topological polar surface area (TPSA) is 63.5 Å². The van der Waals surface area contributed by atoms with Gasteiger partial charge in [-0.1, -0.05) is 260 Å². The predicted octanol–water partition coefficient (Wildman–Crippen LogP) is 7.31. The Kier molecular flexibility index (Phi) is 16.2. The van der Waals surface area contributed by atoms with E-state index in [1.54, 1.807) is 12.1 Å². The van der Waals surface area contributed by atoms with Crippen LogP contribution < -0.4 is 57.1 Å². The maximum absolute atomic E-state index is 13.8. The molecule has 10 rings (SSSR count). The molecule has 10 aromatic rings. The molecular formula is C61H55O3PSi2. The molecular weight excluding hydrogens is 868 g/mol. The highest BCUT2D eigenvalue weighted by Crippen LogP contribution is 2.54. The van der Waals surface area contributed by atoms with Gasteiger partial charge in [-0.2, -0.15) is 0 Å². The van der Waals surface area contributed by atoms with E-state index < -0.39 is 23.9 Å². The van der Waals surface area contributed by atoms with E-state index in [0.29, 0.717) is 5.75 Å². The molecule has 330 valence electrons. The van der Waals surface area contributed by atoms with Crippen molar-refractivity contribution in [1.29, 1.82) is 0 Å². The number of rotatable bonds is 10. The van der Waals surface area contributed by atoms with Crippen LogP contribution in [0.2, 0.25) is 0 Å². The highest BCUT2D eigenvalue weighted by molar-refractivity contribution is 8.01. The Hall–Kier alpha value is -7.22. The lowest BCUT2D eigenvalue weighted by Crippen LogP contribution is -2.76. The highest BCUT2D eigenvalue weighted by atomic mass is 31.2. The molecule has 0 saturated heterocycles. The van der Waals surface area contributed by atoms with Crippen molar-refractivity contribution in [2.45, 2.75) is 7.43 Å². The summed E-state index contributed by atoms with van der Waals surface area (Å²) in [6.07, 6.45) is 0. The zero-order valence-corrected chi connectivity index (χ0v) is 39.4. The lowest BCUT2D eigenvalue weighted by molar-refractivity contribution is -0.193. The van der Waals surface area contributed by atoms with Crippen LogP contribution in [0.25, 0.3) is 0 Å². The van der Waals surface area contributed by atoms with Crippen molar-refractivity contribution in [2.75, 3.05) is 0 Å². The van der Waals surface area contributed by atoms with Gasteiger partial charge in [-0.05, 0) is 76.2 Å². The first-order chi connectivity index (χ1) is 32.4. The Balaban J connectivity index is 0.000000150. The third-order valence-electron chi connectivity index (χ3n) is 11.8. The van der Waals surface area contributed by atoms with Gasteiger partial charge in [0.1, 0.15) is 34.2 Å². The first-order valence-corrected chi connectivity index (χ1v) is 27.7.